The van der Waals surface area contributed by atoms with Crippen molar-refractivity contribution in [2.45, 2.75) is 25.4 Å². The van der Waals surface area contributed by atoms with Gasteiger partial charge in [-0.1, -0.05) is 6.07 Å². The third kappa shape index (κ3) is 3.23. The van der Waals surface area contributed by atoms with Crippen molar-refractivity contribution in [3.63, 3.8) is 0 Å². The Kier molecular flexibility index (Phi) is 4.20. The number of amides is 3. The van der Waals surface area contributed by atoms with Crippen LogP contribution in [0.4, 0.5) is 0 Å². The molecule has 2 N–H and O–H groups in total. The molecule has 3 amide bonds. The van der Waals surface area contributed by atoms with Gasteiger partial charge in [-0.2, -0.15) is 0 Å². The van der Waals surface area contributed by atoms with E-state index in [1.165, 1.54) is 11.3 Å². The number of imide groups is 1. The summed E-state index contributed by atoms with van der Waals surface area (Å²) in [7, 11) is 0. The molecule has 0 aliphatic carbocycles. The Hall–Kier alpha value is -1.73. The van der Waals surface area contributed by atoms with Crippen molar-refractivity contribution in [3.05, 3.63) is 22.4 Å². The smallest absolute Gasteiger partial charge is 0.240 e. The molecule has 20 heavy (non-hydrogen) atoms. The molecule has 1 saturated heterocycles. The number of aliphatic hydroxyl groups is 1. The molecule has 6 nitrogen and oxygen atoms in total. The Balaban J connectivity index is 1.86. The number of nitrogens with one attached hydrogen (secondary N) is 1. The number of thiophene rings is 1. The van der Waals surface area contributed by atoms with Crippen LogP contribution in [0, 0.1) is 0 Å². The van der Waals surface area contributed by atoms with E-state index in [9.17, 15) is 19.5 Å². The minimum atomic E-state index is -1.16. The van der Waals surface area contributed by atoms with E-state index in [1.54, 1.807) is 13.0 Å². The van der Waals surface area contributed by atoms with E-state index in [-0.39, 0.29) is 37.7 Å². The number of nitrogens with zero attached hydrogens (tertiary/aromatic N) is 1. The van der Waals surface area contributed by atoms with Crippen molar-refractivity contribution >= 4 is 29.1 Å². The lowest BCUT2D eigenvalue weighted by atomic mass is 10.1. The van der Waals surface area contributed by atoms with E-state index < -0.39 is 11.5 Å². The summed E-state index contributed by atoms with van der Waals surface area (Å²) in [6.07, 6.45) is 0.331. The predicted octanol–water partition coefficient (Wildman–Crippen LogP) is 0.221. The van der Waals surface area contributed by atoms with Gasteiger partial charge in [-0.05, 0) is 18.4 Å². The summed E-state index contributed by atoms with van der Waals surface area (Å²) in [6.45, 7) is 1.35. The Labute approximate surface area is 120 Å². The van der Waals surface area contributed by atoms with Crippen LogP contribution in [-0.2, 0) is 20.0 Å². The van der Waals surface area contributed by atoms with Crippen LogP contribution in [0.15, 0.2) is 17.5 Å². The predicted molar refractivity (Wildman–Crippen MR) is 72.9 cm³/mol. The highest BCUT2D eigenvalue weighted by Crippen LogP contribution is 2.24. The zero-order valence-corrected chi connectivity index (χ0v) is 11.9. The highest BCUT2D eigenvalue weighted by atomic mass is 32.1. The van der Waals surface area contributed by atoms with Gasteiger partial charge in [-0.15, -0.1) is 11.3 Å². The molecule has 1 fully saturated rings. The molecule has 1 aliphatic rings. The summed E-state index contributed by atoms with van der Waals surface area (Å²) in [4.78, 5) is 36.2. The lowest BCUT2D eigenvalue weighted by molar-refractivity contribution is -0.142. The second-order valence-corrected chi connectivity index (χ2v) is 5.85. The molecule has 0 spiro atoms. The summed E-state index contributed by atoms with van der Waals surface area (Å²) in [6, 6.07) is 3.60. The van der Waals surface area contributed by atoms with Gasteiger partial charge in [0.2, 0.25) is 17.7 Å². The van der Waals surface area contributed by atoms with Crippen molar-refractivity contribution in [2.75, 3.05) is 13.1 Å². The first-order chi connectivity index (χ1) is 9.40. The van der Waals surface area contributed by atoms with Gasteiger partial charge in [0, 0.05) is 17.7 Å². The molecule has 0 saturated carbocycles. The number of likely N-dealkylation sites (tertiary alicyclic amines) is 1. The van der Waals surface area contributed by atoms with Gasteiger partial charge in [0.25, 0.3) is 0 Å². The van der Waals surface area contributed by atoms with Crippen molar-refractivity contribution in [3.8, 4) is 0 Å². The van der Waals surface area contributed by atoms with E-state index in [0.29, 0.717) is 0 Å². The second-order valence-electron chi connectivity index (χ2n) is 4.90. The topological polar surface area (TPSA) is 86.7 Å². The minimum Gasteiger partial charge on any atom is -0.383 e. The summed E-state index contributed by atoms with van der Waals surface area (Å²) < 4.78 is 0. The Morgan fingerprint density at radius 2 is 2.10 bits per heavy atom. The van der Waals surface area contributed by atoms with E-state index in [2.05, 4.69) is 5.32 Å². The fourth-order valence-corrected chi connectivity index (χ4v) is 2.73. The lowest BCUT2D eigenvalue weighted by Gasteiger charge is -2.23. The minimum absolute atomic E-state index is 0.0303. The number of hydrogen-bond donors (Lipinski definition) is 2. The molecule has 0 bridgehead atoms. The van der Waals surface area contributed by atoms with Crippen molar-refractivity contribution in [2.24, 2.45) is 0 Å². The molecule has 0 unspecified atom stereocenters. The van der Waals surface area contributed by atoms with Gasteiger partial charge < -0.3 is 10.4 Å². The molecule has 7 heteroatoms. The monoisotopic (exact) mass is 296 g/mol. The molecule has 2 heterocycles. The van der Waals surface area contributed by atoms with Crippen LogP contribution in [0.1, 0.15) is 24.6 Å². The average Bonchev–Trinajstić information content (AvgIpc) is 3.02. The molecule has 1 atom stereocenters. The second kappa shape index (κ2) is 5.72. The first kappa shape index (κ1) is 14.7. The third-order valence-electron chi connectivity index (χ3n) is 3.14. The molecule has 0 aromatic carbocycles. The molecule has 2 rings (SSSR count). The first-order valence-electron chi connectivity index (χ1n) is 6.26. The Morgan fingerprint density at radius 1 is 1.45 bits per heavy atom. The van der Waals surface area contributed by atoms with Crippen LogP contribution in [0.2, 0.25) is 0 Å². The zero-order valence-electron chi connectivity index (χ0n) is 11.1. The van der Waals surface area contributed by atoms with Gasteiger partial charge in [-0.25, -0.2) is 0 Å². The van der Waals surface area contributed by atoms with E-state index in [1.807, 2.05) is 11.4 Å². The summed E-state index contributed by atoms with van der Waals surface area (Å²) >= 11 is 1.40. The van der Waals surface area contributed by atoms with Gasteiger partial charge in [0.1, 0.15) is 12.1 Å². The SMILES string of the molecule is C[C@](O)(CNC(=O)CN1C(=O)CCC1=O)c1cccs1. The normalized spacial score (nSPS) is 18.2. The maximum absolute atomic E-state index is 11.7. The third-order valence-corrected chi connectivity index (χ3v) is 4.26. The summed E-state index contributed by atoms with van der Waals surface area (Å²) in [5.41, 5.74) is -1.16. The van der Waals surface area contributed by atoms with Crippen molar-refractivity contribution in [1.29, 1.82) is 0 Å². The van der Waals surface area contributed by atoms with E-state index in [4.69, 9.17) is 0 Å². The van der Waals surface area contributed by atoms with E-state index in [0.717, 1.165) is 9.78 Å². The fourth-order valence-electron chi connectivity index (χ4n) is 1.94. The molecular weight excluding hydrogens is 280 g/mol. The number of rotatable bonds is 5. The van der Waals surface area contributed by atoms with Crippen molar-refractivity contribution in [1.82, 2.24) is 10.2 Å². The number of carbonyl (C=O) groups is 3. The number of carbonyl (C=O) groups excluding carboxylic acids is 3. The van der Waals surface area contributed by atoms with Crippen LogP contribution < -0.4 is 5.32 Å². The Bertz CT molecular complexity index is 508. The van der Waals surface area contributed by atoms with Crippen LogP contribution in [-0.4, -0.2) is 40.8 Å². The summed E-state index contributed by atoms with van der Waals surface area (Å²) in [5, 5.41) is 14.6. The maximum Gasteiger partial charge on any atom is 0.240 e. The van der Waals surface area contributed by atoms with Gasteiger partial charge in [0.05, 0.1) is 6.54 Å². The van der Waals surface area contributed by atoms with Crippen LogP contribution in [0.5, 0.6) is 0 Å². The maximum atomic E-state index is 11.7. The Morgan fingerprint density at radius 3 is 2.65 bits per heavy atom. The van der Waals surface area contributed by atoms with E-state index >= 15 is 0 Å². The fraction of sp³-hybridized carbons (Fsp3) is 0.462. The van der Waals surface area contributed by atoms with Crippen LogP contribution in [0.25, 0.3) is 0 Å². The standard InChI is InChI=1S/C13H16N2O4S/c1-13(19,9-3-2-6-20-9)8-14-10(16)7-15-11(17)4-5-12(15)18/h2-3,6,19H,4-5,7-8H2,1H3,(H,14,16)/t13-/m0/s1. The molecule has 1 aromatic rings. The summed E-state index contributed by atoms with van der Waals surface area (Å²) in [5.74, 6) is -1.10. The highest BCUT2D eigenvalue weighted by Gasteiger charge is 2.31. The molecule has 0 radical (unpaired) electrons. The van der Waals surface area contributed by atoms with Gasteiger partial charge in [-0.3, -0.25) is 19.3 Å². The van der Waals surface area contributed by atoms with Crippen LogP contribution >= 0.6 is 11.3 Å². The quantitative estimate of drug-likeness (QED) is 0.761. The molecule has 108 valence electrons. The zero-order chi connectivity index (χ0) is 14.8. The largest absolute Gasteiger partial charge is 0.383 e. The highest BCUT2D eigenvalue weighted by molar-refractivity contribution is 7.10. The molecule has 1 aromatic heterocycles. The molecule has 1 aliphatic heterocycles. The average molecular weight is 296 g/mol. The first-order valence-corrected chi connectivity index (χ1v) is 7.14. The number of hydrogen-bond acceptors (Lipinski definition) is 5. The van der Waals surface area contributed by atoms with Gasteiger partial charge >= 0.3 is 0 Å². The van der Waals surface area contributed by atoms with Crippen molar-refractivity contribution < 1.29 is 19.5 Å². The lowest BCUT2D eigenvalue weighted by Crippen LogP contribution is -2.44. The van der Waals surface area contributed by atoms with Gasteiger partial charge in [0.15, 0.2) is 0 Å². The van der Waals surface area contributed by atoms with Crippen LogP contribution in [0.3, 0.4) is 0 Å². The molecular formula is C13H16N2O4S.